The molecule has 1 heterocycles. The predicted octanol–water partition coefficient (Wildman–Crippen LogP) is -0.312. The van der Waals surface area contributed by atoms with Crippen LogP contribution in [0.25, 0.3) is 0 Å². The van der Waals surface area contributed by atoms with Gasteiger partial charge < -0.3 is 16.3 Å². The Bertz CT molecular complexity index is 410. The van der Waals surface area contributed by atoms with Gasteiger partial charge in [0.25, 0.3) is 5.91 Å². The van der Waals surface area contributed by atoms with Crippen molar-refractivity contribution in [1.82, 2.24) is 15.1 Å². The number of hydrogen-bond donors (Lipinski definition) is 3. The quantitative estimate of drug-likeness (QED) is 0.283. The number of carbonyl (C=O) groups excluding carboxylic acids is 1. The minimum absolute atomic E-state index is 0.00325. The highest BCUT2D eigenvalue weighted by Crippen LogP contribution is 2.03. The highest BCUT2D eigenvalue weighted by atomic mass is 16.4. The van der Waals surface area contributed by atoms with E-state index < -0.39 is 0 Å². The Labute approximate surface area is 92.9 Å². The summed E-state index contributed by atoms with van der Waals surface area (Å²) in [6.07, 6.45) is 0. The Hall–Kier alpha value is -2.05. The molecule has 1 rings (SSSR count). The number of amidine groups is 1. The van der Waals surface area contributed by atoms with Gasteiger partial charge in [0.15, 0.2) is 5.84 Å². The van der Waals surface area contributed by atoms with E-state index in [-0.39, 0.29) is 18.3 Å². The number of nitrogens with zero attached hydrogens (tertiary/aromatic N) is 3. The molecule has 0 radical (unpaired) electrons. The molecule has 4 N–H and O–H groups in total. The Morgan fingerprint density at radius 2 is 2.44 bits per heavy atom. The van der Waals surface area contributed by atoms with Crippen LogP contribution in [0, 0.1) is 6.92 Å². The summed E-state index contributed by atoms with van der Waals surface area (Å²) in [5.41, 5.74) is 6.48. The van der Waals surface area contributed by atoms with Crippen LogP contribution >= 0.6 is 0 Å². The molecule has 1 aromatic heterocycles. The molecule has 88 valence electrons. The van der Waals surface area contributed by atoms with Crippen LogP contribution in [0.2, 0.25) is 0 Å². The molecule has 16 heavy (non-hydrogen) atoms. The lowest BCUT2D eigenvalue weighted by atomic mass is 10.3. The molecule has 7 heteroatoms. The Morgan fingerprint density at radius 3 is 3.00 bits per heavy atom. The topological polar surface area (TPSA) is 106 Å². The van der Waals surface area contributed by atoms with E-state index in [0.717, 1.165) is 5.69 Å². The number of hydrogen-bond acceptors (Lipinski definition) is 4. The lowest BCUT2D eigenvalue weighted by Gasteiger charge is -2.05. The van der Waals surface area contributed by atoms with Crippen molar-refractivity contribution >= 4 is 11.7 Å². The number of aryl methyl sites for hydroxylation is 2. The minimum atomic E-state index is -0.297. The van der Waals surface area contributed by atoms with Gasteiger partial charge in [-0.1, -0.05) is 5.16 Å². The maximum Gasteiger partial charge on any atom is 0.269 e. The van der Waals surface area contributed by atoms with Crippen molar-refractivity contribution in [1.29, 1.82) is 0 Å². The second kappa shape index (κ2) is 5.15. The van der Waals surface area contributed by atoms with E-state index >= 15 is 0 Å². The van der Waals surface area contributed by atoms with Crippen LogP contribution < -0.4 is 11.1 Å². The summed E-state index contributed by atoms with van der Waals surface area (Å²) < 4.78 is 1.59. The third kappa shape index (κ3) is 2.72. The zero-order valence-corrected chi connectivity index (χ0v) is 9.27. The van der Waals surface area contributed by atoms with E-state index in [1.165, 1.54) is 0 Å². The predicted molar refractivity (Wildman–Crippen MR) is 58.4 cm³/mol. The van der Waals surface area contributed by atoms with Crippen LogP contribution in [-0.4, -0.2) is 33.3 Å². The highest BCUT2D eigenvalue weighted by Gasteiger charge is 2.12. The molecule has 0 aliphatic rings. The lowest BCUT2D eigenvalue weighted by molar-refractivity contribution is 0.0948. The number of carbonyl (C=O) groups is 1. The summed E-state index contributed by atoms with van der Waals surface area (Å²) >= 11 is 0. The van der Waals surface area contributed by atoms with Crippen molar-refractivity contribution in [3.63, 3.8) is 0 Å². The molecule has 0 saturated carbocycles. The largest absolute Gasteiger partial charge is 0.409 e. The van der Waals surface area contributed by atoms with E-state index in [2.05, 4.69) is 15.6 Å². The Balaban J connectivity index is 2.72. The average molecular weight is 225 g/mol. The summed E-state index contributed by atoms with van der Waals surface area (Å²) in [4.78, 5) is 11.7. The number of amides is 1. The lowest BCUT2D eigenvalue weighted by Crippen LogP contribution is -2.34. The zero-order chi connectivity index (χ0) is 12.1. The van der Waals surface area contributed by atoms with Gasteiger partial charge in [0.2, 0.25) is 0 Å². The standard InChI is InChI=1S/C9H15N5O2/c1-3-14-7(4-6(2)12-14)9(15)11-5-8(10)13-16/h4,16H,3,5H2,1-2H3,(H2,10,13)(H,11,15). The van der Waals surface area contributed by atoms with Crippen molar-refractivity contribution in [3.8, 4) is 0 Å². The first-order valence-electron chi connectivity index (χ1n) is 4.87. The van der Waals surface area contributed by atoms with Gasteiger partial charge in [-0.2, -0.15) is 5.10 Å². The maximum absolute atomic E-state index is 11.7. The molecule has 0 unspecified atom stereocenters. The van der Waals surface area contributed by atoms with Gasteiger partial charge in [-0.3, -0.25) is 9.48 Å². The maximum atomic E-state index is 11.7. The Kier molecular flexibility index (Phi) is 3.87. The molecule has 0 atom stereocenters. The van der Waals surface area contributed by atoms with Crippen LogP contribution in [-0.2, 0) is 6.54 Å². The van der Waals surface area contributed by atoms with E-state index in [0.29, 0.717) is 12.2 Å². The van der Waals surface area contributed by atoms with E-state index in [1.807, 2.05) is 13.8 Å². The van der Waals surface area contributed by atoms with Gasteiger partial charge in [0, 0.05) is 6.54 Å². The molecule has 0 fully saturated rings. The third-order valence-corrected chi connectivity index (χ3v) is 1.99. The van der Waals surface area contributed by atoms with Crippen LogP contribution in [0.5, 0.6) is 0 Å². The molecule has 7 nitrogen and oxygen atoms in total. The fourth-order valence-corrected chi connectivity index (χ4v) is 1.27. The van der Waals surface area contributed by atoms with Crippen LogP contribution in [0.15, 0.2) is 11.2 Å². The number of aromatic nitrogens is 2. The van der Waals surface area contributed by atoms with Crippen molar-refractivity contribution in [2.75, 3.05) is 6.54 Å². The molecule has 0 bridgehead atoms. The normalized spacial score (nSPS) is 11.5. The molecule has 0 aliphatic heterocycles. The summed E-state index contributed by atoms with van der Waals surface area (Å²) in [5.74, 6) is -0.346. The van der Waals surface area contributed by atoms with E-state index in [1.54, 1.807) is 10.7 Å². The SMILES string of the molecule is CCn1nc(C)cc1C(=O)NCC(N)=NO. The summed E-state index contributed by atoms with van der Waals surface area (Å²) in [6.45, 7) is 4.32. The van der Waals surface area contributed by atoms with Gasteiger partial charge in [-0.15, -0.1) is 0 Å². The molecule has 1 aromatic rings. The fraction of sp³-hybridized carbons (Fsp3) is 0.444. The number of nitrogens with two attached hydrogens (primary N) is 1. The first-order valence-corrected chi connectivity index (χ1v) is 4.87. The monoisotopic (exact) mass is 225 g/mol. The zero-order valence-electron chi connectivity index (χ0n) is 9.27. The highest BCUT2D eigenvalue weighted by molar-refractivity contribution is 5.95. The first kappa shape index (κ1) is 12.0. The van der Waals surface area contributed by atoms with Gasteiger partial charge in [-0.05, 0) is 19.9 Å². The Morgan fingerprint density at radius 1 is 1.75 bits per heavy atom. The van der Waals surface area contributed by atoms with Gasteiger partial charge in [0.1, 0.15) is 5.69 Å². The molecule has 0 spiro atoms. The molecule has 0 aliphatic carbocycles. The molecule has 0 aromatic carbocycles. The van der Waals surface area contributed by atoms with Crippen molar-refractivity contribution in [2.24, 2.45) is 10.9 Å². The van der Waals surface area contributed by atoms with E-state index in [9.17, 15) is 4.79 Å². The second-order valence-electron chi connectivity index (χ2n) is 3.26. The van der Waals surface area contributed by atoms with Crippen molar-refractivity contribution in [2.45, 2.75) is 20.4 Å². The third-order valence-electron chi connectivity index (χ3n) is 1.99. The fourth-order valence-electron chi connectivity index (χ4n) is 1.27. The minimum Gasteiger partial charge on any atom is -0.409 e. The second-order valence-corrected chi connectivity index (χ2v) is 3.26. The molecular weight excluding hydrogens is 210 g/mol. The van der Waals surface area contributed by atoms with Crippen LogP contribution in [0.4, 0.5) is 0 Å². The van der Waals surface area contributed by atoms with Crippen LogP contribution in [0.3, 0.4) is 0 Å². The summed E-state index contributed by atoms with van der Waals surface area (Å²) in [6, 6.07) is 1.69. The summed E-state index contributed by atoms with van der Waals surface area (Å²) in [5, 5.41) is 17.7. The number of oxime groups is 1. The number of nitrogens with one attached hydrogen (secondary N) is 1. The smallest absolute Gasteiger partial charge is 0.269 e. The van der Waals surface area contributed by atoms with Gasteiger partial charge >= 0.3 is 0 Å². The van der Waals surface area contributed by atoms with E-state index in [4.69, 9.17) is 10.9 Å². The van der Waals surface area contributed by atoms with Crippen LogP contribution in [0.1, 0.15) is 23.1 Å². The summed E-state index contributed by atoms with van der Waals surface area (Å²) in [7, 11) is 0. The molecule has 1 amide bonds. The number of rotatable bonds is 4. The first-order chi connectivity index (χ1) is 7.58. The molecule has 0 saturated heterocycles. The average Bonchev–Trinajstić information content (AvgIpc) is 2.66. The van der Waals surface area contributed by atoms with Gasteiger partial charge in [0.05, 0.1) is 12.2 Å². The van der Waals surface area contributed by atoms with Gasteiger partial charge in [-0.25, -0.2) is 0 Å². The van der Waals surface area contributed by atoms with Crippen molar-refractivity contribution < 1.29 is 10.0 Å². The molecular formula is C9H15N5O2. The van der Waals surface area contributed by atoms with Crippen molar-refractivity contribution in [3.05, 3.63) is 17.5 Å².